The van der Waals surface area contributed by atoms with Crippen LogP contribution in [0.2, 0.25) is 0 Å². The van der Waals surface area contributed by atoms with Gasteiger partial charge in [-0.2, -0.15) is 0 Å². The molecule has 1 atom stereocenters. The molecule has 1 aliphatic heterocycles. The van der Waals surface area contributed by atoms with E-state index in [2.05, 4.69) is 12.1 Å². The summed E-state index contributed by atoms with van der Waals surface area (Å²) in [6.07, 6.45) is 1.03. The van der Waals surface area contributed by atoms with Gasteiger partial charge in [-0.15, -0.1) is 0 Å². The maximum absolute atomic E-state index is 12.6. The van der Waals surface area contributed by atoms with Crippen molar-refractivity contribution in [1.29, 1.82) is 0 Å². The highest BCUT2D eigenvalue weighted by molar-refractivity contribution is 6.00. The molecule has 3 rings (SSSR count). The number of rotatable bonds is 4. The van der Waals surface area contributed by atoms with Crippen molar-refractivity contribution in [3.8, 4) is 5.75 Å². The van der Waals surface area contributed by atoms with E-state index in [-0.39, 0.29) is 5.91 Å². The van der Waals surface area contributed by atoms with Crippen LogP contribution < -0.4 is 15.4 Å². The van der Waals surface area contributed by atoms with Crippen molar-refractivity contribution >= 4 is 17.3 Å². The summed E-state index contributed by atoms with van der Waals surface area (Å²) in [5, 5.41) is 0. The first-order chi connectivity index (χ1) is 10.7. The Hall–Kier alpha value is -2.49. The van der Waals surface area contributed by atoms with Crippen molar-refractivity contribution < 1.29 is 9.53 Å². The van der Waals surface area contributed by atoms with Crippen LogP contribution in [-0.2, 0) is 11.2 Å². The van der Waals surface area contributed by atoms with Gasteiger partial charge < -0.3 is 15.4 Å². The predicted molar refractivity (Wildman–Crippen MR) is 88.1 cm³/mol. The van der Waals surface area contributed by atoms with E-state index in [4.69, 9.17) is 10.5 Å². The number of nitrogen functional groups attached to an aromatic ring is 1. The molecule has 114 valence electrons. The Bertz CT molecular complexity index is 670. The molecule has 1 aliphatic rings. The molecule has 0 saturated carbocycles. The Morgan fingerprint density at radius 2 is 1.95 bits per heavy atom. The fourth-order valence-corrected chi connectivity index (χ4v) is 2.72. The third-order valence-corrected chi connectivity index (χ3v) is 3.92. The topological polar surface area (TPSA) is 55.6 Å². The van der Waals surface area contributed by atoms with Crippen LogP contribution in [0.25, 0.3) is 0 Å². The summed E-state index contributed by atoms with van der Waals surface area (Å²) in [6, 6.07) is 15.6. The second kappa shape index (κ2) is 6.10. The number of nitrogens with two attached hydrogens (primary N) is 1. The number of carbonyl (C=O) groups excluding carboxylic acids is 1. The lowest BCUT2D eigenvalue weighted by molar-refractivity contribution is -0.126. The quantitative estimate of drug-likeness (QED) is 0.882. The number of hydrogen-bond acceptors (Lipinski definition) is 3. The predicted octanol–water partition coefficient (Wildman–Crippen LogP) is 3.02. The maximum atomic E-state index is 12.6. The minimum atomic E-state index is -0.426. The van der Waals surface area contributed by atoms with Crippen LogP contribution in [0.3, 0.4) is 0 Å². The van der Waals surface area contributed by atoms with Crippen LogP contribution >= 0.6 is 0 Å². The number of ether oxygens (including phenoxy) is 1. The minimum absolute atomic E-state index is 0.0238. The number of anilines is 2. The Morgan fingerprint density at radius 3 is 2.68 bits per heavy atom. The van der Waals surface area contributed by atoms with E-state index >= 15 is 0 Å². The molecule has 1 unspecified atom stereocenters. The molecule has 2 aromatic rings. The Morgan fingerprint density at radius 1 is 1.18 bits per heavy atom. The summed E-state index contributed by atoms with van der Waals surface area (Å²) < 4.78 is 5.79. The van der Waals surface area contributed by atoms with Gasteiger partial charge in [0.2, 0.25) is 0 Å². The number of amides is 1. The molecule has 0 bridgehead atoms. The van der Waals surface area contributed by atoms with Gasteiger partial charge in [-0.25, -0.2) is 0 Å². The molecule has 4 nitrogen and oxygen atoms in total. The summed E-state index contributed by atoms with van der Waals surface area (Å²) >= 11 is 0. The minimum Gasteiger partial charge on any atom is -0.478 e. The zero-order chi connectivity index (χ0) is 15.5. The number of nitrogens with zero attached hydrogens (tertiary/aromatic N) is 1. The first-order valence-electron chi connectivity index (χ1n) is 7.60. The summed E-state index contributed by atoms with van der Waals surface area (Å²) in [4.78, 5) is 14.4. The van der Waals surface area contributed by atoms with Gasteiger partial charge in [-0.3, -0.25) is 4.79 Å². The van der Waals surface area contributed by atoms with Crippen LogP contribution in [0.15, 0.2) is 48.5 Å². The van der Waals surface area contributed by atoms with Gasteiger partial charge in [0.25, 0.3) is 5.91 Å². The van der Waals surface area contributed by atoms with Gasteiger partial charge in [0.15, 0.2) is 6.10 Å². The van der Waals surface area contributed by atoms with Crippen molar-refractivity contribution in [2.45, 2.75) is 25.9 Å². The summed E-state index contributed by atoms with van der Waals surface area (Å²) in [7, 11) is 0. The molecule has 2 aromatic carbocycles. The zero-order valence-corrected chi connectivity index (χ0v) is 12.7. The first-order valence-corrected chi connectivity index (χ1v) is 7.60. The number of carbonyl (C=O) groups is 1. The Balaban J connectivity index is 1.86. The van der Waals surface area contributed by atoms with E-state index in [1.54, 1.807) is 12.1 Å². The fraction of sp³-hybridized carbons (Fsp3) is 0.278. The third kappa shape index (κ3) is 2.77. The van der Waals surface area contributed by atoms with Crippen molar-refractivity contribution in [2.24, 2.45) is 0 Å². The van der Waals surface area contributed by atoms with Gasteiger partial charge in [-0.05, 0) is 30.5 Å². The van der Waals surface area contributed by atoms with E-state index in [0.29, 0.717) is 24.4 Å². The van der Waals surface area contributed by atoms with E-state index in [0.717, 1.165) is 12.1 Å². The molecular formula is C18H20N2O2. The van der Waals surface area contributed by atoms with E-state index in [1.807, 2.05) is 36.1 Å². The Labute approximate surface area is 130 Å². The second-order valence-electron chi connectivity index (χ2n) is 5.47. The van der Waals surface area contributed by atoms with Crippen LogP contribution in [0.4, 0.5) is 11.4 Å². The number of fused-ring (bicyclic) bond motifs is 1. The van der Waals surface area contributed by atoms with Gasteiger partial charge in [0.05, 0.1) is 5.69 Å². The summed E-state index contributed by atoms with van der Waals surface area (Å²) in [5.41, 5.74) is 8.49. The normalized spacial score (nSPS) is 17.0. The van der Waals surface area contributed by atoms with Crippen LogP contribution in [0, 0.1) is 0 Å². The molecule has 0 spiro atoms. The molecule has 2 N–H and O–H groups in total. The van der Waals surface area contributed by atoms with Gasteiger partial charge in [-0.1, -0.05) is 37.3 Å². The highest BCUT2D eigenvalue weighted by Gasteiger charge is 2.32. The molecule has 1 amide bonds. The van der Waals surface area contributed by atoms with E-state index < -0.39 is 6.10 Å². The van der Waals surface area contributed by atoms with Crippen molar-refractivity contribution in [2.75, 3.05) is 17.2 Å². The first kappa shape index (κ1) is 14.4. The average molecular weight is 296 g/mol. The van der Waals surface area contributed by atoms with E-state index in [1.165, 1.54) is 5.56 Å². The molecule has 1 heterocycles. The second-order valence-corrected chi connectivity index (χ2v) is 5.47. The molecule has 4 heteroatoms. The lowest BCUT2D eigenvalue weighted by atomic mass is 10.1. The third-order valence-electron chi connectivity index (χ3n) is 3.92. The van der Waals surface area contributed by atoms with Crippen molar-refractivity contribution in [3.63, 3.8) is 0 Å². The van der Waals surface area contributed by atoms with Crippen LogP contribution in [-0.4, -0.2) is 18.6 Å². The summed E-state index contributed by atoms with van der Waals surface area (Å²) in [6.45, 7) is 2.59. The number of hydrogen-bond donors (Lipinski definition) is 1. The number of benzene rings is 2. The molecule has 22 heavy (non-hydrogen) atoms. The fourth-order valence-electron chi connectivity index (χ4n) is 2.72. The SMILES string of the molecule is CCC1Oc2cc(N)ccc2N(CCc2ccccc2)C1=O. The van der Waals surface area contributed by atoms with Crippen molar-refractivity contribution in [3.05, 3.63) is 54.1 Å². The molecule has 0 radical (unpaired) electrons. The van der Waals surface area contributed by atoms with Gasteiger partial charge >= 0.3 is 0 Å². The monoisotopic (exact) mass is 296 g/mol. The smallest absolute Gasteiger partial charge is 0.268 e. The molecular weight excluding hydrogens is 276 g/mol. The average Bonchev–Trinajstić information content (AvgIpc) is 2.54. The zero-order valence-electron chi connectivity index (χ0n) is 12.7. The van der Waals surface area contributed by atoms with Gasteiger partial charge in [0, 0.05) is 18.3 Å². The standard InChI is InChI=1S/C18H20N2O2/c1-2-16-18(21)20(11-10-13-6-4-3-5-7-13)15-9-8-14(19)12-17(15)22-16/h3-9,12,16H,2,10-11,19H2,1H3. The maximum Gasteiger partial charge on any atom is 0.268 e. The van der Waals surface area contributed by atoms with E-state index in [9.17, 15) is 4.79 Å². The van der Waals surface area contributed by atoms with Crippen molar-refractivity contribution in [1.82, 2.24) is 0 Å². The van der Waals surface area contributed by atoms with Crippen LogP contribution in [0.1, 0.15) is 18.9 Å². The molecule has 0 fully saturated rings. The van der Waals surface area contributed by atoms with Crippen LogP contribution in [0.5, 0.6) is 5.75 Å². The Kier molecular flexibility index (Phi) is 4.00. The molecule has 0 saturated heterocycles. The summed E-state index contributed by atoms with van der Waals surface area (Å²) in [5.74, 6) is 0.718. The highest BCUT2D eigenvalue weighted by Crippen LogP contribution is 2.36. The lowest BCUT2D eigenvalue weighted by Crippen LogP contribution is -2.46. The largest absolute Gasteiger partial charge is 0.478 e. The van der Waals surface area contributed by atoms with Gasteiger partial charge in [0.1, 0.15) is 5.75 Å². The highest BCUT2D eigenvalue weighted by atomic mass is 16.5. The lowest BCUT2D eigenvalue weighted by Gasteiger charge is -2.34. The molecule has 0 aromatic heterocycles. The molecule has 0 aliphatic carbocycles.